The molecule has 2 aromatic heterocycles. The van der Waals surface area contributed by atoms with Crippen LogP contribution in [0.3, 0.4) is 0 Å². The second kappa shape index (κ2) is 6.24. The van der Waals surface area contributed by atoms with Crippen LogP contribution in [0.4, 0.5) is 13.2 Å². The van der Waals surface area contributed by atoms with Gasteiger partial charge in [0.15, 0.2) is 5.78 Å². The van der Waals surface area contributed by atoms with Gasteiger partial charge in [-0.3, -0.25) is 4.79 Å². The molecule has 0 aliphatic carbocycles. The number of pyridine rings is 1. The summed E-state index contributed by atoms with van der Waals surface area (Å²) >= 11 is 1.18. The van der Waals surface area contributed by atoms with Crippen LogP contribution in [-0.2, 0) is 9.59 Å². The van der Waals surface area contributed by atoms with E-state index in [2.05, 4.69) is 10.3 Å². The molecule has 0 aromatic carbocycles. The lowest BCUT2D eigenvalue weighted by Gasteiger charge is -2.31. The van der Waals surface area contributed by atoms with Gasteiger partial charge in [-0.05, 0) is 30.9 Å². The second-order valence-electron chi connectivity index (χ2n) is 5.79. The Bertz CT molecular complexity index is 989. The van der Waals surface area contributed by atoms with Crippen molar-refractivity contribution in [1.82, 2.24) is 10.3 Å². The van der Waals surface area contributed by atoms with E-state index in [1.54, 1.807) is 17.5 Å². The average molecular weight is 382 g/mol. The Morgan fingerprint density at radius 1 is 1.31 bits per heavy atom. The lowest BCUT2D eigenvalue weighted by Crippen LogP contribution is -2.37. The van der Waals surface area contributed by atoms with Crippen molar-refractivity contribution >= 4 is 33.3 Å². The highest BCUT2D eigenvalue weighted by molar-refractivity contribution is 7.16. The minimum atomic E-state index is -4.90. The van der Waals surface area contributed by atoms with Crippen LogP contribution in [-0.4, -0.2) is 28.0 Å². The van der Waals surface area contributed by atoms with Gasteiger partial charge < -0.3 is 10.4 Å². The third kappa shape index (κ3) is 2.88. The Balaban J connectivity index is 2.37. The van der Waals surface area contributed by atoms with E-state index in [4.69, 9.17) is 0 Å². The fourth-order valence-electron chi connectivity index (χ4n) is 3.17. The molecule has 2 aromatic rings. The number of allylic oxidation sites excluding steroid dienone is 3. The molecule has 0 saturated carbocycles. The van der Waals surface area contributed by atoms with Crippen molar-refractivity contribution in [2.24, 2.45) is 0 Å². The molecule has 0 amide bonds. The first-order chi connectivity index (χ1) is 12.1. The number of carboxylic acid groups (broad SMARTS) is 1. The first-order valence-electron chi connectivity index (χ1n) is 7.48. The molecular weight excluding hydrogens is 369 g/mol. The summed E-state index contributed by atoms with van der Waals surface area (Å²) in [5.41, 5.74) is -1.94. The minimum Gasteiger partial charge on any atom is -0.478 e. The number of carbonyl (C=O) groups excluding carboxylic acids is 1. The number of rotatable bonds is 3. The maximum atomic E-state index is 13.5. The van der Waals surface area contributed by atoms with Crippen molar-refractivity contribution in [3.8, 4) is 0 Å². The summed E-state index contributed by atoms with van der Waals surface area (Å²) in [5.74, 6) is -3.56. The molecule has 136 valence electrons. The Kier molecular flexibility index (Phi) is 4.35. The van der Waals surface area contributed by atoms with Crippen molar-refractivity contribution in [1.29, 1.82) is 0 Å². The van der Waals surface area contributed by atoms with Gasteiger partial charge >= 0.3 is 12.1 Å². The third-order valence-corrected chi connectivity index (χ3v) is 5.07. The third-order valence-electron chi connectivity index (χ3n) is 4.15. The Morgan fingerprint density at radius 3 is 2.58 bits per heavy atom. The molecule has 0 spiro atoms. The van der Waals surface area contributed by atoms with Crippen LogP contribution in [0, 0.1) is 0 Å². The van der Waals surface area contributed by atoms with Gasteiger partial charge in [0.25, 0.3) is 0 Å². The van der Waals surface area contributed by atoms with Gasteiger partial charge in [-0.2, -0.15) is 13.2 Å². The van der Waals surface area contributed by atoms with Crippen LogP contribution >= 0.6 is 11.3 Å². The molecule has 26 heavy (non-hydrogen) atoms. The second-order valence-corrected chi connectivity index (χ2v) is 6.65. The van der Waals surface area contributed by atoms with Gasteiger partial charge in [-0.1, -0.05) is 6.07 Å². The van der Waals surface area contributed by atoms with E-state index >= 15 is 0 Å². The number of Topliss-reactive ketones (excluding diaryl/α,β-unsaturated/α-hetero) is 1. The molecule has 1 aliphatic heterocycles. The van der Waals surface area contributed by atoms with Gasteiger partial charge in [0.05, 0.1) is 5.57 Å². The van der Waals surface area contributed by atoms with E-state index in [0.29, 0.717) is 15.8 Å². The number of carbonyl (C=O) groups is 2. The largest absolute Gasteiger partial charge is 0.478 e. The number of carboxylic acids is 1. The number of hydrogen-bond acceptors (Lipinski definition) is 5. The van der Waals surface area contributed by atoms with Crippen molar-refractivity contribution in [2.45, 2.75) is 25.9 Å². The minimum absolute atomic E-state index is 0.000969. The van der Waals surface area contributed by atoms with E-state index < -0.39 is 35.1 Å². The highest BCUT2D eigenvalue weighted by Gasteiger charge is 2.46. The van der Waals surface area contributed by atoms with Crippen LogP contribution in [0.5, 0.6) is 0 Å². The van der Waals surface area contributed by atoms with Crippen LogP contribution in [0.1, 0.15) is 25.3 Å². The first kappa shape index (κ1) is 18.1. The maximum absolute atomic E-state index is 13.5. The number of alkyl halides is 3. The maximum Gasteiger partial charge on any atom is 0.431 e. The lowest BCUT2D eigenvalue weighted by atomic mass is 9.79. The fourth-order valence-corrected chi connectivity index (χ4v) is 4.11. The summed E-state index contributed by atoms with van der Waals surface area (Å²) in [4.78, 5) is 28.6. The number of nitrogens with zero attached hydrogens (tertiary/aromatic N) is 1. The summed E-state index contributed by atoms with van der Waals surface area (Å²) < 4.78 is 40.4. The normalized spacial score (nSPS) is 18.3. The average Bonchev–Trinajstić information content (AvgIpc) is 2.95. The van der Waals surface area contributed by atoms with E-state index in [1.807, 2.05) is 0 Å². The first-order valence-corrected chi connectivity index (χ1v) is 8.36. The van der Waals surface area contributed by atoms with E-state index in [0.717, 1.165) is 0 Å². The van der Waals surface area contributed by atoms with Crippen LogP contribution in [0.25, 0.3) is 10.2 Å². The van der Waals surface area contributed by atoms with Crippen molar-refractivity contribution in [3.05, 3.63) is 51.8 Å². The standard InChI is InChI=1S/C17H13F3N2O3S/c1-7-11(8(2)23)12(10-6-26-15-9(10)4-3-5-21-15)13(16(24)25)14(22-7)17(18,19)20/h3-6,12,22H,1-2H3,(H,24,25). The number of ketones is 1. The summed E-state index contributed by atoms with van der Waals surface area (Å²) in [6.07, 6.45) is -3.37. The smallest absolute Gasteiger partial charge is 0.431 e. The molecule has 1 atom stereocenters. The SMILES string of the molecule is CC(=O)C1=C(C)NC(C(F)(F)F)=C(C(=O)O)C1c1csc2ncccc12. The van der Waals surface area contributed by atoms with Gasteiger partial charge in [0.1, 0.15) is 10.5 Å². The van der Waals surface area contributed by atoms with Gasteiger partial charge in [0.2, 0.25) is 0 Å². The number of nitrogens with one attached hydrogen (secondary N) is 1. The van der Waals surface area contributed by atoms with Crippen molar-refractivity contribution in [2.75, 3.05) is 0 Å². The number of dihydropyridines is 1. The molecule has 5 nitrogen and oxygen atoms in total. The number of aliphatic carboxylic acids is 1. The van der Waals surface area contributed by atoms with Crippen LogP contribution < -0.4 is 5.32 Å². The predicted octanol–water partition coefficient (Wildman–Crippen LogP) is 3.75. The summed E-state index contributed by atoms with van der Waals surface area (Å²) in [6, 6.07) is 3.26. The number of thiophene rings is 1. The highest BCUT2D eigenvalue weighted by atomic mass is 32.1. The molecule has 0 radical (unpaired) electrons. The molecule has 3 rings (SSSR count). The van der Waals surface area contributed by atoms with Crippen molar-refractivity contribution < 1.29 is 27.9 Å². The molecular formula is C17H13F3N2O3S. The van der Waals surface area contributed by atoms with Gasteiger partial charge in [-0.15, -0.1) is 11.3 Å². The molecule has 3 heterocycles. The molecule has 0 saturated heterocycles. The Morgan fingerprint density at radius 2 is 2.00 bits per heavy atom. The topological polar surface area (TPSA) is 79.3 Å². The zero-order chi connectivity index (χ0) is 19.2. The fraction of sp³-hybridized carbons (Fsp3) is 0.235. The molecule has 2 N–H and O–H groups in total. The molecule has 0 bridgehead atoms. The predicted molar refractivity (Wildman–Crippen MR) is 89.6 cm³/mol. The van der Waals surface area contributed by atoms with Gasteiger partial charge in [-0.25, -0.2) is 9.78 Å². The quantitative estimate of drug-likeness (QED) is 0.845. The number of halogens is 3. The van der Waals surface area contributed by atoms with E-state index in [-0.39, 0.29) is 11.3 Å². The molecule has 0 fully saturated rings. The van der Waals surface area contributed by atoms with E-state index in [1.165, 1.54) is 31.4 Å². The van der Waals surface area contributed by atoms with E-state index in [9.17, 15) is 27.9 Å². The molecule has 1 unspecified atom stereocenters. The number of fused-ring (bicyclic) bond motifs is 1. The van der Waals surface area contributed by atoms with Crippen molar-refractivity contribution in [3.63, 3.8) is 0 Å². The number of aromatic nitrogens is 1. The Hall–Kier alpha value is -2.68. The van der Waals surface area contributed by atoms with Crippen LogP contribution in [0.15, 0.2) is 46.2 Å². The monoisotopic (exact) mass is 382 g/mol. The summed E-state index contributed by atoms with van der Waals surface area (Å²) in [6.45, 7) is 2.54. The summed E-state index contributed by atoms with van der Waals surface area (Å²) in [7, 11) is 0. The summed E-state index contributed by atoms with van der Waals surface area (Å²) in [5, 5.41) is 13.7. The molecule has 1 aliphatic rings. The zero-order valence-corrected chi connectivity index (χ0v) is 14.5. The van der Waals surface area contributed by atoms with Gasteiger partial charge in [0, 0.05) is 28.8 Å². The lowest BCUT2D eigenvalue weighted by molar-refractivity contribution is -0.134. The number of hydrogen-bond donors (Lipinski definition) is 2. The zero-order valence-electron chi connectivity index (χ0n) is 13.6. The Labute approximate surface area is 149 Å². The van der Waals surface area contributed by atoms with Crippen LogP contribution in [0.2, 0.25) is 0 Å². The highest BCUT2D eigenvalue weighted by Crippen LogP contribution is 2.45. The molecule has 9 heteroatoms.